The third-order valence-corrected chi connectivity index (χ3v) is 4.00. The van der Waals surface area contributed by atoms with Gasteiger partial charge in [-0.05, 0) is 47.9 Å². The number of thioether (sulfide) groups is 2. The zero-order chi connectivity index (χ0) is 11.4. The van der Waals surface area contributed by atoms with Gasteiger partial charge in [0.25, 0.3) is 0 Å². The topological polar surface area (TPSA) is 0 Å². The van der Waals surface area contributed by atoms with Crippen molar-refractivity contribution in [1.82, 2.24) is 0 Å². The highest BCUT2D eigenvalue weighted by Gasteiger charge is 1.98. The first-order valence-electron chi connectivity index (χ1n) is 5.12. The second-order valence-electron chi connectivity index (χ2n) is 3.46. The molecule has 0 saturated carbocycles. The first-order valence-corrected chi connectivity index (χ1v) is 7.57. The van der Waals surface area contributed by atoms with Crippen molar-refractivity contribution in [1.29, 1.82) is 0 Å². The van der Waals surface area contributed by atoms with Crippen LogP contribution in [0.2, 0.25) is 0 Å². The largest absolute Gasteiger partial charge is 0.130 e. The zero-order valence-electron chi connectivity index (χ0n) is 9.44. The lowest BCUT2D eigenvalue weighted by molar-refractivity contribution is 1.43. The summed E-state index contributed by atoms with van der Waals surface area (Å²) in [4.78, 5) is 2.62. The van der Waals surface area contributed by atoms with Crippen molar-refractivity contribution in [3.05, 3.63) is 48.5 Å². The molecule has 2 rings (SSSR count). The fraction of sp³-hybridized carbons (Fsp3) is 0.143. The molecule has 0 N–H and O–H groups in total. The van der Waals surface area contributed by atoms with Crippen molar-refractivity contribution in [2.45, 2.75) is 9.79 Å². The summed E-state index contributed by atoms with van der Waals surface area (Å²) in [7, 11) is 0. The lowest BCUT2D eigenvalue weighted by atomic mass is 10.1. The molecule has 0 fully saturated rings. The van der Waals surface area contributed by atoms with Crippen molar-refractivity contribution in [2.24, 2.45) is 0 Å². The van der Waals surface area contributed by atoms with Crippen LogP contribution in [-0.2, 0) is 0 Å². The second kappa shape index (κ2) is 5.46. The first-order chi connectivity index (χ1) is 7.83. The maximum Gasteiger partial charge on any atom is 0.00695 e. The van der Waals surface area contributed by atoms with Gasteiger partial charge in [-0.2, -0.15) is 0 Å². The van der Waals surface area contributed by atoms with Crippen molar-refractivity contribution in [3.8, 4) is 11.1 Å². The summed E-state index contributed by atoms with van der Waals surface area (Å²) in [6, 6.07) is 17.4. The van der Waals surface area contributed by atoms with Crippen molar-refractivity contribution in [2.75, 3.05) is 12.5 Å². The molecule has 0 nitrogen and oxygen atoms in total. The minimum absolute atomic E-state index is 1.28. The van der Waals surface area contributed by atoms with Gasteiger partial charge in [0.05, 0.1) is 0 Å². The van der Waals surface area contributed by atoms with Crippen LogP contribution in [0.5, 0.6) is 0 Å². The SMILES string of the molecule is CSc1ccc(-c2ccc(SC)cc2)cc1. The quantitative estimate of drug-likeness (QED) is 0.714. The Hall–Kier alpha value is -0.860. The molecule has 0 aliphatic carbocycles. The molecule has 0 radical (unpaired) electrons. The monoisotopic (exact) mass is 246 g/mol. The summed E-state index contributed by atoms with van der Waals surface area (Å²) < 4.78 is 0. The molecule has 0 amide bonds. The average Bonchev–Trinajstić information content (AvgIpc) is 2.39. The maximum atomic E-state index is 2.18. The van der Waals surface area contributed by atoms with E-state index in [9.17, 15) is 0 Å². The minimum atomic E-state index is 1.28. The summed E-state index contributed by atoms with van der Waals surface area (Å²) in [5.41, 5.74) is 2.57. The molecule has 2 aromatic carbocycles. The van der Waals surface area contributed by atoms with Crippen LogP contribution in [0.15, 0.2) is 58.3 Å². The highest BCUT2D eigenvalue weighted by molar-refractivity contribution is 7.98. The minimum Gasteiger partial charge on any atom is -0.130 e. The van der Waals surface area contributed by atoms with Crippen LogP contribution in [0.4, 0.5) is 0 Å². The Balaban J connectivity index is 2.28. The first kappa shape index (κ1) is 11.6. The van der Waals surface area contributed by atoms with E-state index in [4.69, 9.17) is 0 Å². The van der Waals surface area contributed by atoms with Gasteiger partial charge in [0.15, 0.2) is 0 Å². The summed E-state index contributed by atoms with van der Waals surface area (Å²) in [5.74, 6) is 0. The molecule has 0 atom stereocenters. The molecular formula is C14H14S2. The molecule has 0 aliphatic rings. The van der Waals surface area contributed by atoms with Gasteiger partial charge in [-0.25, -0.2) is 0 Å². The van der Waals surface area contributed by atoms with E-state index in [-0.39, 0.29) is 0 Å². The zero-order valence-corrected chi connectivity index (χ0v) is 11.1. The fourth-order valence-electron chi connectivity index (χ4n) is 1.57. The standard InChI is InChI=1S/C14H14S2/c1-15-13-7-3-11(4-8-13)12-5-9-14(16-2)10-6-12/h3-10H,1-2H3. The molecule has 0 aliphatic heterocycles. The molecule has 0 saturated heterocycles. The van der Waals surface area contributed by atoms with Crippen molar-refractivity contribution >= 4 is 23.5 Å². The van der Waals surface area contributed by atoms with Gasteiger partial charge in [0, 0.05) is 9.79 Å². The molecule has 16 heavy (non-hydrogen) atoms. The van der Waals surface area contributed by atoms with Crippen LogP contribution in [0.3, 0.4) is 0 Å². The van der Waals surface area contributed by atoms with Gasteiger partial charge in [0.2, 0.25) is 0 Å². The number of rotatable bonds is 3. The Morgan fingerprint density at radius 3 is 1.12 bits per heavy atom. The molecule has 2 heteroatoms. The highest BCUT2D eigenvalue weighted by atomic mass is 32.2. The van der Waals surface area contributed by atoms with Gasteiger partial charge >= 0.3 is 0 Å². The van der Waals surface area contributed by atoms with Crippen LogP contribution in [-0.4, -0.2) is 12.5 Å². The lowest BCUT2D eigenvalue weighted by Gasteiger charge is -2.04. The highest BCUT2D eigenvalue weighted by Crippen LogP contribution is 2.25. The Morgan fingerprint density at radius 2 is 0.875 bits per heavy atom. The summed E-state index contributed by atoms with van der Waals surface area (Å²) in [5, 5.41) is 0. The van der Waals surface area contributed by atoms with Crippen LogP contribution < -0.4 is 0 Å². The van der Waals surface area contributed by atoms with E-state index in [1.165, 1.54) is 20.9 Å². The smallest absolute Gasteiger partial charge is 0.00695 e. The Labute approximate surface area is 105 Å². The van der Waals surface area contributed by atoms with E-state index in [0.29, 0.717) is 0 Å². The molecule has 0 bridgehead atoms. The predicted octanol–water partition coefficient (Wildman–Crippen LogP) is 4.80. The predicted molar refractivity (Wildman–Crippen MR) is 75.4 cm³/mol. The fourth-order valence-corrected chi connectivity index (χ4v) is 2.38. The van der Waals surface area contributed by atoms with Crippen LogP contribution >= 0.6 is 23.5 Å². The van der Waals surface area contributed by atoms with Crippen LogP contribution in [0.25, 0.3) is 11.1 Å². The van der Waals surface area contributed by atoms with Crippen LogP contribution in [0.1, 0.15) is 0 Å². The average molecular weight is 246 g/mol. The van der Waals surface area contributed by atoms with E-state index in [0.717, 1.165) is 0 Å². The van der Waals surface area contributed by atoms with Crippen molar-refractivity contribution in [3.63, 3.8) is 0 Å². The summed E-state index contributed by atoms with van der Waals surface area (Å²) in [6.07, 6.45) is 4.20. The van der Waals surface area contributed by atoms with E-state index < -0.39 is 0 Å². The van der Waals surface area contributed by atoms with Crippen LogP contribution in [0, 0.1) is 0 Å². The third-order valence-electron chi connectivity index (χ3n) is 2.51. The summed E-state index contributed by atoms with van der Waals surface area (Å²) >= 11 is 3.55. The third kappa shape index (κ3) is 2.63. The molecular weight excluding hydrogens is 232 g/mol. The van der Waals surface area contributed by atoms with E-state index in [2.05, 4.69) is 61.0 Å². The van der Waals surface area contributed by atoms with Gasteiger partial charge < -0.3 is 0 Å². The van der Waals surface area contributed by atoms with Gasteiger partial charge in [-0.1, -0.05) is 24.3 Å². The molecule has 0 aromatic heterocycles. The Kier molecular flexibility index (Phi) is 3.97. The summed E-state index contributed by atoms with van der Waals surface area (Å²) in [6.45, 7) is 0. The maximum absolute atomic E-state index is 2.18. The lowest BCUT2D eigenvalue weighted by Crippen LogP contribution is -1.78. The van der Waals surface area contributed by atoms with E-state index in [1.807, 2.05) is 0 Å². The normalized spacial score (nSPS) is 10.4. The second-order valence-corrected chi connectivity index (χ2v) is 5.22. The van der Waals surface area contributed by atoms with Gasteiger partial charge in [-0.3, -0.25) is 0 Å². The molecule has 0 spiro atoms. The molecule has 0 unspecified atom stereocenters. The number of hydrogen-bond acceptors (Lipinski definition) is 2. The molecule has 2 aromatic rings. The van der Waals surface area contributed by atoms with E-state index >= 15 is 0 Å². The van der Waals surface area contributed by atoms with Gasteiger partial charge in [-0.15, -0.1) is 23.5 Å². The van der Waals surface area contributed by atoms with Gasteiger partial charge in [0.1, 0.15) is 0 Å². The molecule has 82 valence electrons. The number of benzene rings is 2. The number of hydrogen-bond donors (Lipinski definition) is 0. The van der Waals surface area contributed by atoms with E-state index in [1.54, 1.807) is 23.5 Å². The Bertz CT molecular complexity index is 398. The Morgan fingerprint density at radius 1 is 0.562 bits per heavy atom. The molecule has 0 heterocycles. The van der Waals surface area contributed by atoms with Crippen molar-refractivity contribution < 1.29 is 0 Å².